The smallest absolute Gasteiger partial charge is 0.207 e. The lowest BCUT2D eigenvalue weighted by atomic mass is 10.1. The Morgan fingerprint density at radius 1 is 1.47 bits per heavy atom. The molecule has 0 saturated carbocycles. The van der Waals surface area contributed by atoms with Crippen molar-refractivity contribution < 1.29 is 4.74 Å². The summed E-state index contributed by atoms with van der Waals surface area (Å²) in [4.78, 5) is 0. The van der Waals surface area contributed by atoms with Gasteiger partial charge in [0.1, 0.15) is 11.8 Å². The second kappa shape index (κ2) is 4.94. The molecule has 0 aromatic heterocycles. The van der Waals surface area contributed by atoms with E-state index in [1.807, 2.05) is 0 Å². The molecular weight excluding hydrogens is 256 g/mol. The van der Waals surface area contributed by atoms with Crippen LogP contribution in [0.3, 0.4) is 0 Å². The average Bonchev–Trinajstić information content (AvgIpc) is 2.20. The molecular formula is C10H8Cl3NO. The zero-order valence-electron chi connectivity index (χ0n) is 7.93. The van der Waals surface area contributed by atoms with E-state index in [0.717, 1.165) is 5.56 Å². The summed E-state index contributed by atoms with van der Waals surface area (Å²) in [6.07, 6.45) is 0.187. The van der Waals surface area contributed by atoms with Crippen LogP contribution in [0, 0.1) is 11.3 Å². The molecule has 0 atom stereocenters. The van der Waals surface area contributed by atoms with E-state index in [1.165, 1.54) is 7.11 Å². The fourth-order valence-electron chi connectivity index (χ4n) is 1.14. The van der Waals surface area contributed by atoms with E-state index < -0.39 is 4.33 Å². The van der Waals surface area contributed by atoms with Gasteiger partial charge in [-0.3, -0.25) is 0 Å². The highest BCUT2D eigenvalue weighted by atomic mass is 35.5. The molecule has 0 spiro atoms. The van der Waals surface area contributed by atoms with E-state index in [0.29, 0.717) is 10.8 Å². The van der Waals surface area contributed by atoms with Crippen LogP contribution in [0.25, 0.3) is 0 Å². The first-order valence-corrected chi connectivity index (χ1v) is 5.23. The SMILES string of the molecule is COc1cc(Cl)ccc1CC(Cl)(Cl)C#N. The topological polar surface area (TPSA) is 33.0 Å². The Kier molecular flexibility index (Phi) is 4.10. The summed E-state index contributed by atoms with van der Waals surface area (Å²) in [6, 6.07) is 6.88. The molecule has 0 aliphatic rings. The Labute approximate surface area is 103 Å². The molecule has 0 amide bonds. The highest BCUT2D eigenvalue weighted by molar-refractivity contribution is 6.50. The number of benzene rings is 1. The number of halogens is 3. The van der Waals surface area contributed by atoms with E-state index in [9.17, 15) is 0 Å². The fraction of sp³-hybridized carbons (Fsp3) is 0.300. The van der Waals surface area contributed by atoms with Crippen molar-refractivity contribution in [2.24, 2.45) is 0 Å². The largest absolute Gasteiger partial charge is 0.496 e. The second-order valence-electron chi connectivity index (χ2n) is 2.95. The molecule has 0 fully saturated rings. The second-order valence-corrected chi connectivity index (χ2v) is 4.87. The predicted molar refractivity (Wildman–Crippen MR) is 61.8 cm³/mol. The number of methoxy groups -OCH3 is 1. The van der Waals surface area contributed by atoms with Gasteiger partial charge in [0.05, 0.1) is 7.11 Å². The van der Waals surface area contributed by atoms with Gasteiger partial charge in [0.25, 0.3) is 0 Å². The minimum absolute atomic E-state index is 0.187. The molecule has 15 heavy (non-hydrogen) atoms. The fourth-order valence-corrected chi connectivity index (χ4v) is 1.59. The molecule has 0 unspecified atom stereocenters. The van der Waals surface area contributed by atoms with Gasteiger partial charge >= 0.3 is 0 Å². The first-order chi connectivity index (χ1) is 6.98. The Bertz CT molecular complexity index is 398. The lowest BCUT2D eigenvalue weighted by Gasteiger charge is -2.13. The van der Waals surface area contributed by atoms with Gasteiger partial charge < -0.3 is 4.74 Å². The molecule has 2 nitrogen and oxygen atoms in total. The van der Waals surface area contributed by atoms with Gasteiger partial charge in [-0.05, 0) is 17.7 Å². The summed E-state index contributed by atoms with van der Waals surface area (Å²) in [5.74, 6) is 0.573. The molecule has 1 aromatic rings. The van der Waals surface area contributed by atoms with Crippen LogP contribution >= 0.6 is 34.8 Å². The van der Waals surface area contributed by atoms with Crippen molar-refractivity contribution in [1.82, 2.24) is 0 Å². The van der Waals surface area contributed by atoms with E-state index in [2.05, 4.69) is 0 Å². The number of alkyl halides is 2. The van der Waals surface area contributed by atoms with Crippen LogP contribution in [0.5, 0.6) is 5.75 Å². The molecule has 0 aliphatic carbocycles. The van der Waals surface area contributed by atoms with Crippen molar-refractivity contribution in [2.75, 3.05) is 7.11 Å². The van der Waals surface area contributed by atoms with Crippen LogP contribution in [-0.4, -0.2) is 11.4 Å². The van der Waals surface area contributed by atoms with Crippen LogP contribution in [-0.2, 0) is 6.42 Å². The van der Waals surface area contributed by atoms with Gasteiger partial charge in [-0.15, -0.1) is 0 Å². The van der Waals surface area contributed by atoms with Crippen molar-refractivity contribution in [3.05, 3.63) is 28.8 Å². The molecule has 0 aliphatic heterocycles. The highest BCUT2D eigenvalue weighted by Crippen LogP contribution is 2.31. The van der Waals surface area contributed by atoms with E-state index in [1.54, 1.807) is 24.3 Å². The number of ether oxygens (including phenoxy) is 1. The van der Waals surface area contributed by atoms with Crippen LogP contribution < -0.4 is 4.74 Å². The molecule has 0 N–H and O–H groups in total. The monoisotopic (exact) mass is 263 g/mol. The number of nitriles is 1. The van der Waals surface area contributed by atoms with Crippen molar-refractivity contribution in [3.8, 4) is 11.8 Å². The summed E-state index contributed by atoms with van der Waals surface area (Å²) >= 11 is 17.3. The summed E-state index contributed by atoms with van der Waals surface area (Å²) in [5.41, 5.74) is 0.744. The molecule has 0 saturated heterocycles. The molecule has 0 radical (unpaired) electrons. The average molecular weight is 265 g/mol. The zero-order valence-corrected chi connectivity index (χ0v) is 10.2. The lowest BCUT2D eigenvalue weighted by Crippen LogP contribution is -2.13. The molecule has 80 valence electrons. The molecule has 1 aromatic carbocycles. The maximum Gasteiger partial charge on any atom is 0.207 e. The minimum Gasteiger partial charge on any atom is -0.496 e. The third kappa shape index (κ3) is 3.46. The number of hydrogen-bond donors (Lipinski definition) is 0. The molecule has 1 rings (SSSR count). The third-order valence-electron chi connectivity index (χ3n) is 1.83. The predicted octanol–water partition coefficient (Wildman–Crippen LogP) is 3.59. The van der Waals surface area contributed by atoms with E-state index >= 15 is 0 Å². The normalized spacial score (nSPS) is 10.9. The Balaban J connectivity index is 3.01. The van der Waals surface area contributed by atoms with E-state index in [4.69, 9.17) is 44.8 Å². The Morgan fingerprint density at radius 2 is 2.13 bits per heavy atom. The maximum atomic E-state index is 8.69. The zero-order chi connectivity index (χ0) is 11.5. The highest BCUT2D eigenvalue weighted by Gasteiger charge is 2.25. The number of hydrogen-bond acceptors (Lipinski definition) is 2. The lowest BCUT2D eigenvalue weighted by molar-refractivity contribution is 0.409. The van der Waals surface area contributed by atoms with Gasteiger partial charge in [-0.1, -0.05) is 40.9 Å². The first-order valence-electron chi connectivity index (χ1n) is 4.10. The summed E-state index contributed by atoms with van der Waals surface area (Å²) in [7, 11) is 1.52. The van der Waals surface area contributed by atoms with Crippen LogP contribution in [0.4, 0.5) is 0 Å². The van der Waals surface area contributed by atoms with Crippen LogP contribution in [0.15, 0.2) is 18.2 Å². The quantitative estimate of drug-likeness (QED) is 0.782. The standard InChI is InChI=1S/C10H8Cl3NO/c1-15-9-4-8(11)3-2-7(9)5-10(12,13)6-14/h2-4H,5H2,1H3. The van der Waals surface area contributed by atoms with Crippen molar-refractivity contribution in [3.63, 3.8) is 0 Å². The molecule has 0 bridgehead atoms. The minimum atomic E-state index is -1.44. The van der Waals surface area contributed by atoms with Gasteiger partial charge in [0, 0.05) is 11.4 Å². The third-order valence-corrected chi connectivity index (χ3v) is 2.50. The maximum absolute atomic E-state index is 8.69. The van der Waals surface area contributed by atoms with Crippen molar-refractivity contribution >= 4 is 34.8 Å². The molecule has 0 heterocycles. The van der Waals surface area contributed by atoms with E-state index in [-0.39, 0.29) is 6.42 Å². The first kappa shape index (κ1) is 12.4. The van der Waals surface area contributed by atoms with Gasteiger partial charge in [-0.25, -0.2) is 0 Å². The summed E-state index contributed by atoms with van der Waals surface area (Å²) in [6.45, 7) is 0. The number of nitrogens with zero attached hydrogens (tertiary/aromatic N) is 1. The summed E-state index contributed by atoms with van der Waals surface area (Å²) < 4.78 is 3.66. The van der Waals surface area contributed by atoms with Gasteiger partial charge in [-0.2, -0.15) is 5.26 Å². The summed E-state index contributed by atoms with van der Waals surface area (Å²) in [5, 5.41) is 9.25. The number of rotatable bonds is 3. The van der Waals surface area contributed by atoms with Crippen molar-refractivity contribution in [1.29, 1.82) is 5.26 Å². The van der Waals surface area contributed by atoms with Crippen LogP contribution in [0.1, 0.15) is 5.56 Å². The molecule has 5 heteroatoms. The van der Waals surface area contributed by atoms with Crippen molar-refractivity contribution in [2.45, 2.75) is 10.8 Å². The Morgan fingerprint density at radius 3 is 2.67 bits per heavy atom. The Hall–Kier alpha value is -0.620. The van der Waals surface area contributed by atoms with Gasteiger partial charge in [0.2, 0.25) is 4.33 Å². The van der Waals surface area contributed by atoms with Gasteiger partial charge in [0.15, 0.2) is 0 Å². The van der Waals surface area contributed by atoms with Crippen LogP contribution in [0.2, 0.25) is 5.02 Å².